The molecule has 0 aliphatic heterocycles. The maximum Gasteiger partial charge on any atom is 0.337 e. The highest BCUT2D eigenvalue weighted by Crippen LogP contribution is 2.51. The van der Waals surface area contributed by atoms with Crippen LogP contribution in [0.4, 0.5) is 11.4 Å². The van der Waals surface area contributed by atoms with Crippen molar-refractivity contribution in [2.24, 2.45) is 11.3 Å². The largest absolute Gasteiger partial charge is 0.478 e. The zero-order chi connectivity index (χ0) is 13.3. The molecule has 0 atom stereocenters. The van der Waals surface area contributed by atoms with E-state index in [0.29, 0.717) is 17.0 Å². The van der Waals surface area contributed by atoms with Gasteiger partial charge in [-0.2, -0.15) is 0 Å². The van der Waals surface area contributed by atoms with E-state index in [1.165, 1.54) is 18.9 Å². The van der Waals surface area contributed by atoms with Gasteiger partial charge in [-0.1, -0.05) is 19.9 Å². The average molecular weight is 248 g/mol. The molecule has 98 valence electrons. The van der Waals surface area contributed by atoms with Crippen LogP contribution in [0.25, 0.3) is 0 Å². The van der Waals surface area contributed by atoms with Crippen LogP contribution in [0.3, 0.4) is 0 Å². The van der Waals surface area contributed by atoms with E-state index in [0.717, 1.165) is 12.2 Å². The lowest BCUT2D eigenvalue weighted by Gasteiger charge is -2.21. The highest BCUT2D eigenvalue weighted by molar-refractivity contribution is 5.97. The maximum absolute atomic E-state index is 11.0. The lowest BCUT2D eigenvalue weighted by Crippen LogP contribution is -2.21. The number of rotatable bonds is 5. The van der Waals surface area contributed by atoms with Gasteiger partial charge in [-0.15, -0.1) is 0 Å². The number of carboxylic acids is 1. The summed E-state index contributed by atoms with van der Waals surface area (Å²) in [5.41, 5.74) is 7.44. The van der Waals surface area contributed by atoms with Gasteiger partial charge in [0.2, 0.25) is 0 Å². The molecule has 0 unspecified atom stereocenters. The first kappa shape index (κ1) is 12.7. The van der Waals surface area contributed by atoms with Crippen molar-refractivity contribution in [1.82, 2.24) is 0 Å². The third-order valence-corrected chi connectivity index (χ3v) is 4.08. The lowest BCUT2D eigenvalue weighted by molar-refractivity contribution is 0.0698. The molecule has 1 aliphatic carbocycles. The summed E-state index contributed by atoms with van der Waals surface area (Å²) in [6.07, 6.45) is 2.46. The molecule has 18 heavy (non-hydrogen) atoms. The van der Waals surface area contributed by atoms with Crippen molar-refractivity contribution >= 4 is 17.3 Å². The number of carboxylic acid groups (broad SMARTS) is 1. The van der Waals surface area contributed by atoms with E-state index in [-0.39, 0.29) is 5.56 Å². The Kier molecular flexibility index (Phi) is 3.20. The molecular formula is C14H20N2O2. The SMILES string of the molecule is CC(C)C1(CNc2cccc(C(=O)O)c2N)CC1. The molecule has 1 aromatic rings. The Morgan fingerprint density at radius 1 is 1.50 bits per heavy atom. The summed E-state index contributed by atoms with van der Waals surface area (Å²) in [5.74, 6) is -0.352. The number of benzene rings is 1. The molecule has 0 aromatic heterocycles. The minimum atomic E-state index is -0.985. The molecule has 4 N–H and O–H groups in total. The predicted octanol–water partition coefficient (Wildman–Crippen LogP) is 2.82. The maximum atomic E-state index is 11.0. The van der Waals surface area contributed by atoms with Crippen LogP contribution in [0.5, 0.6) is 0 Å². The van der Waals surface area contributed by atoms with Crippen LogP contribution in [0, 0.1) is 11.3 Å². The fourth-order valence-corrected chi connectivity index (χ4v) is 2.30. The monoisotopic (exact) mass is 248 g/mol. The van der Waals surface area contributed by atoms with Crippen molar-refractivity contribution in [2.45, 2.75) is 26.7 Å². The van der Waals surface area contributed by atoms with Gasteiger partial charge < -0.3 is 16.2 Å². The summed E-state index contributed by atoms with van der Waals surface area (Å²) in [6.45, 7) is 5.31. The first-order chi connectivity index (χ1) is 8.46. The zero-order valence-corrected chi connectivity index (χ0v) is 10.9. The molecule has 4 nitrogen and oxygen atoms in total. The molecular weight excluding hydrogens is 228 g/mol. The summed E-state index contributed by atoms with van der Waals surface area (Å²) < 4.78 is 0. The fourth-order valence-electron chi connectivity index (χ4n) is 2.30. The molecule has 1 fully saturated rings. The van der Waals surface area contributed by atoms with E-state index < -0.39 is 5.97 Å². The molecule has 1 aliphatic rings. The fraction of sp³-hybridized carbons (Fsp3) is 0.500. The Balaban J connectivity index is 2.11. The van der Waals surface area contributed by atoms with Crippen molar-refractivity contribution in [2.75, 3.05) is 17.6 Å². The van der Waals surface area contributed by atoms with Crippen molar-refractivity contribution < 1.29 is 9.90 Å². The number of carbonyl (C=O) groups is 1. The Morgan fingerprint density at radius 3 is 2.67 bits per heavy atom. The minimum absolute atomic E-state index is 0.161. The molecule has 0 saturated heterocycles. The molecule has 0 radical (unpaired) electrons. The topological polar surface area (TPSA) is 75.3 Å². The number of para-hydroxylation sites is 1. The van der Waals surface area contributed by atoms with E-state index in [1.54, 1.807) is 6.07 Å². The van der Waals surface area contributed by atoms with Crippen LogP contribution < -0.4 is 11.1 Å². The number of hydrogen-bond donors (Lipinski definition) is 3. The second-order valence-corrected chi connectivity index (χ2v) is 5.44. The van der Waals surface area contributed by atoms with E-state index in [1.807, 2.05) is 6.07 Å². The first-order valence-electron chi connectivity index (χ1n) is 6.32. The van der Waals surface area contributed by atoms with E-state index in [9.17, 15) is 4.79 Å². The van der Waals surface area contributed by atoms with Crippen molar-refractivity contribution in [1.29, 1.82) is 0 Å². The number of anilines is 2. The van der Waals surface area contributed by atoms with Gasteiger partial charge in [0.15, 0.2) is 0 Å². The second-order valence-electron chi connectivity index (χ2n) is 5.44. The molecule has 0 bridgehead atoms. The predicted molar refractivity (Wildman–Crippen MR) is 72.8 cm³/mol. The first-order valence-corrected chi connectivity index (χ1v) is 6.32. The number of aromatic carboxylic acids is 1. The molecule has 4 heteroatoms. The van der Waals surface area contributed by atoms with Crippen LogP contribution in [0.1, 0.15) is 37.0 Å². The van der Waals surface area contributed by atoms with Crippen LogP contribution in [-0.2, 0) is 0 Å². The average Bonchev–Trinajstić information content (AvgIpc) is 3.08. The normalized spacial score (nSPS) is 16.6. The van der Waals surface area contributed by atoms with Gasteiger partial charge in [-0.3, -0.25) is 0 Å². The van der Waals surface area contributed by atoms with Crippen LogP contribution in [-0.4, -0.2) is 17.6 Å². The standard InChI is InChI=1S/C14H20N2O2/c1-9(2)14(6-7-14)8-16-11-5-3-4-10(12(11)15)13(17)18/h3-5,9,16H,6-8,15H2,1-2H3,(H,17,18). The lowest BCUT2D eigenvalue weighted by atomic mass is 9.92. The summed E-state index contributed by atoms with van der Waals surface area (Å²) >= 11 is 0. The van der Waals surface area contributed by atoms with Gasteiger partial charge in [0.1, 0.15) is 0 Å². The molecule has 1 saturated carbocycles. The van der Waals surface area contributed by atoms with Gasteiger partial charge in [0, 0.05) is 6.54 Å². The summed E-state index contributed by atoms with van der Waals surface area (Å²) in [4.78, 5) is 11.0. The van der Waals surface area contributed by atoms with Crippen LogP contribution in [0.15, 0.2) is 18.2 Å². The van der Waals surface area contributed by atoms with Gasteiger partial charge >= 0.3 is 5.97 Å². The van der Waals surface area contributed by atoms with Crippen molar-refractivity contribution in [3.63, 3.8) is 0 Å². The molecule has 0 heterocycles. The smallest absolute Gasteiger partial charge is 0.337 e. The number of nitrogen functional groups attached to an aromatic ring is 1. The Hall–Kier alpha value is -1.71. The minimum Gasteiger partial charge on any atom is -0.478 e. The third-order valence-electron chi connectivity index (χ3n) is 4.08. The van der Waals surface area contributed by atoms with E-state index >= 15 is 0 Å². The molecule has 0 amide bonds. The van der Waals surface area contributed by atoms with Gasteiger partial charge in [-0.25, -0.2) is 4.79 Å². The summed E-state index contributed by atoms with van der Waals surface area (Å²) in [5, 5.41) is 12.3. The molecule has 2 rings (SSSR count). The Bertz CT molecular complexity index is 465. The number of hydrogen-bond acceptors (Lipinski definition) is 3. The quantitative estimate of drug-likeness (QED) is 0.700. The van der Waals surface area contributed by atoms with Gasteiger partial charge in [-0.05, 0) is 36.3 Å². The highest BCUT2D eigenvalue weighted by atomic mass is 16.4. The van der Waals surface area contributed by atoms with Crippen LogP contribution in [0.2, 0.25) is 0 Å². The van der Waals surface area contributed by atoms with Crippen LogP contribution >= 0.6 is 0 Å². The molecule has 0 spiro atoms. The zero-order valence-electron chi connectivity index (χ0n) is 10.9. The third kappa shape index (κ3) is 2.28. The number of nitrogens with one attached hydrogen (secondary N) is 1. The van der Waals surface area contributed by atoms with Crippen molar-refractivity contribution in [3.05, 3.63) is 23.8 Å². The Morgan fingerprint density at radius 2 is 2.17 bits per heavy atom. The summed E-state index contributed by atoms with van der Waals surface area (Å²) in [6, 6.07) is 5.08. The van der Waals surface area contributed by atoms with E-state index in [4.69, 9.17) is 10.8 Å². The Labute approximate surface area is 107 Å². The number of nitrogens with two attached hydrogens (primary N) is 1. The summed E-state index contributed by atoms with van der Waals surface area (Å²) in [7, 11) is 0. The van der Waals surface area contributed by atoms with Gasteiger partial charge in [0.25, 0.3) is 0 Å². The van der Waals surface area contributed by atoms with Gasteiger partial charge in [0.05, 0.1) is 16.9 Å². The highest BCUT2D eigenvalue weighted by Gasteiger charge is 2.44. The van der Waals surface area contributed by atoms with Crippen molar-refractivity contribution in [3.8, 4) is 0 Å². The second kappa shape index (κ2) is 4.52. The molecule has 1 aromatic carbocycles. The van der Waals surface area contributed by atoms with E-state index in [2.05, 4.69) is 19.2 Å².